The lowest BCUT2D eigenvalue weighted by Crippen LogP contribution is -2.32. The minimum atomic E-state index is -1.06. The van der Waals surface area contributed by atoms with E-state index in [9.17, 15) is 9.59 Å². The first-order valence-electron chi connectivity index (χ1n) is 11.8. The monoisotopic (exact) mass is 496 g/mol. The molecule has 4 rings (SSSR count). The van der Waals surface area contributed by atoms with Crippen LogP contribution < -0.4 is 16.2 Å². The standard InChI is InChI=1S/C30H28N2O5/c31-27(29(33)34)16-19-8-14-25(15-9-19)37-18-24-4-1-2-7-26(24)23-6-3-5-22(17-23)20-10-12-21(13-11-20)28(32)30(35)36/h1-15,17,27-28H,16,18,31-32H2,(H,33,34)(H,35,36)/t27-,28?/m1/s1. The van der Waals surface area contributed by atoms with E-state index in [0.29, 0.717) is 17.9 Å². The van der Waals surface area contributed by atoms with Gasteiger partial charge in [-0.1, -0.05) is 78.9 Å². The van der Waals surface area contributed by atoms with Gasteiger partial charge in [-0.2, -0.15) is 0 Å². The van der Waals surface area contributed by atoms with Crippen LogP contribution in [-0.4, -0.2) is 28.2 Å². The zero-order chi connectivity index (χ0) is 26.4. The van der Waals surface area contributed by atoms with Gasteiger partial charge in [-0.3, -0.25) is 9.59 Å². The Morgan fingerprint density at radius 1 is 0.730 bits per heavy atom. The minimum Gasteiger partial charge on any atom is -0.489 e. The average Bonchev–Trinajstić information content (AvgIpc) is 2.92. The van der Waals surface area contributed by atoms with Gasteiger partial charge in [0.05, 0.1) is 0 Å². The Kier molecular flexibility index (Phi) is 7.98. The van der Waals surface area contributed by atoms with E-state index in [1.165, 1.54) is 0 Å². The van der Waals surface area contributed by atoms with Crippen molar-refractivity contribution in [1.29, 1.82) is 0 Å². The Hall–Kier alpha value is -4.46. The summed E-state index contributed by atoms with van der Waals surface area (Å²) in [6.45, 7) is 0.357. The molecule has 188 valence electrons. The normalized spacial score (nSPS) is 12.5. The summed E-state index contributed by atoms with van der Waals surface area (Å²) in [6.07, 6.45) is 0.254. The van der Waals surface area contributed by atoms with Crippen LogP contribution in [-0.2, 0) is 22.6 Å². The molecular formula is C30H28N2O5. The van der Waals surface area contributed by atoms with E-state index in [0.717, 1.165) is 33.4 Å². The number of benzene rings is 4. The molecule has 37 heavy (non-hydrogen) atoms. The third kappa shape index (κ3) is 6.41. The molecule has 4 aromatic rings. The second-order valence-electron chi connectivity index (χ2n) is 8.76. The Morgan fingerprint density at radius 3 is 2.08 bits per heavy atom. The van der Waals surface area contributed by atoms with Gasteiger partial charge in [0.15, 0.2) is 0 Å². The maximum Gasteiger partial charge on any atom is 0.325 e. The molecule has 0 aromatic heterocycles. The molecule has 0 aliphatic heterocycles. The Balaban J connectivity index is 1.50. The van der Waals surface area contributed by atoms with E-state index in [-0.39, 0.29) is 6.42 Å². The summed E-state index contributed by atoms with van der Waals surface area (Å²) in [7, 11) is 0. The molecule has 0 spiro atoms. The third-order valence-corrected chi connectivity index (χ3v) is 6.15. The molecule has 0 saturated heterocycles. The average molecular weight is 497 g/mol. The summed E-state index contributed by atoms with van der Waals surface area (Å²) >= 11 is 0. The number of hydrogen-bond acceptors (Lipinski definition) is 5. The maximum atomic E-state index is 11.1. The molecule has 0 saturated carbocycles. The Bertz CT molecular complexity index is 1380. The van der Waals surface area contributed by atoms with Gasteiger partial charge in [0, 0.05) is 0 Å². The molecule has 0 heterocycles. The van der Waals surface area contributed by atoms with Crippen LogP contribution in [0.2, 0.25) is 0 Å². The molecule has 2 atom stereocenters. The molecular weight excluding hydrogens is 468 g/mol. The van der Waals surface area contributed by atoms with Crippen molar-refractivity contribution in [3.05, 3.63) is 114 Å². The largest absolute Gasteiger partial charge is 0.489 e. The second-order valence-corrected chi connectivity index (χ2v) is 8.76. The topological polar surface area (TPSA) is 136 Å². The van der Waals surface area contributed by atoms with E-state index in [2.05, 4.69) is 6.07 Å². The zero-order valence-corrected chi connectivity index (χ0v) is 20.1. The van der Waals surface area contributed by atoms with Crippen molar-refractivity contribution in [1.82, 2.24) is 0 Å². The van der Waals surface area contributed by atoms with Gasteiger partial charge in [-0.15, -0.1) is 0 Å². The van der Waals surface area contributed by atoms with Crippen LogP contribution in [0.15, 0.2) is 97.1 Å². The third-order valence-electron chi connectivity index (χ3n) is 6.15. The molecule has 0 radical (unpaired) electrons. The van der Waals surface area contributed by atoms with Gasteiger partial charge >= 0.3 is 11.9 Å². The molecule has 0 amide bonds. The molecule has 0 bridgehead atoms. The van der Waals surface area contributed by atoms with Crippen LogP contribution in [0, 0.1) is 0 Å². The van der Waals surface area contributed by atoms with Crippen molar-refractivity contribution >= 4 is 11.9 Å². The number of ether oxygens (including phenoxy) is 1. The fourth-order valence-corrected chi connectivity index (χ4v) is 4.04. The number of carboxylic acid groups (broad SMARTS) is 2. The van der Waals surface area contributed by atoms with E-state index < -0.39 is 24.0 Å². The lowest BCUT2D eigenvalue weighted by atomic mass is 9.95. The van der Waals surface area contributed by atoms with Gasteiger partial charge in [0.2, 0.25) is 0 Å². The molecule has 6 N–H and O–H groups in total. The SMILES string of the molecule is NC(C(=O)O)c1ccc(-c2cccc(-c3ccccc3COc3ccc(C[C@@H](N)C(=O)O)cc3)c2)cc1. The maximum absolute atomic E-state index is 11.1. The Morgan fingerprint density at radius 2 is 1.41 bits per heavy atom. The highest BCUT2D eigenvalue weighted by Gasteiger charge is 2.14. The van der Waals surface area contributed by atoms with Crippen LogP contribution in [0.25, 0.3) is 22.3 Å². The summed E-state index contributed by atoms with van der Waals surface area (Å²) in [5, 5.41) is 18.1. The predicted octanol–water partition coefficient (Wildman–Crippen LogP) is 4.64. The van der Waals surface area contributed by atoms with Gasteiger partial charge in [0.1, 0.15) is 24.4 Å². The van der Waals surface area contributed by atoms with Crippen molar-refractivity contribution in [2.45, 2.75) is 25.1 Å². The quantitative estimate of drug-likeness (QED) is 0.251. The molecule has 1 unspecified atom stereocenters. The number of aliphatic carboxylic acids is 2. The fraction of sp³-hybridized carbons (Fsp3) is 0.133. The molecule has 0 aliphatic rings. The molecule has 7 heteroatoms. The summed E-state index contributed by atoms with van der Waals surface area (Å²) in [5.74, 6) is -1.41. The highest BCUT2D eigenvalue weighted by atomic mass is 16.5. The summed E-state index contributed by atoms with van der Waals surface area (Å²) < 4.78 is 6.02. The van der Waals surface area contributed by atoms with Gasteiger partial charge < -0.3 is 26.4 Å². The van der Waals surface area contributed by atoms with Crippen molar-refractivity contribution in [3.63, 3.8) is 0 Å². The van der Waals surface area contributed by atoms with Crippen molar-refractivity contribution in [3.8, 4) is 28.0 Å². The second kappa shape index (κ2) is 11.5. The fourth-order valence-electron chi connectivity index (χ4n) is 4.04. The molecule has 7 nitrogen and oxygen atoms in total. The number of carboxylic acids is 2. The number of hydrogen-bond donors (Lipinski definition) is 4. The van der Waals surface area contributed by atoms with Crippen LogP contribution in [0.4, 0.5) is 0 Å². The smallest absolute Gasteiger partial charge is 0.325 e. The lowest BCUT2D eigenvalue weighted by molar-refractivity contribution is -0.139. The van der Waals surface area contributed by atoms with E-state index in [1.807, 2.05) is 78.9 Å². The predicted molar refractivity (Wildman–Crippen MR) is 142 cm³/mol. The first-order chi connectivity index (χ1) is 17.8. The number of carbonyl (C=O) groups is 2. The van der Waals surface area contributed by atoms with Crippen LogP contribution in [0.5, 0.6) is 5.75 Å². The lowest BCUT2D eigenvalue weighted by Gasteiger charge is -2.13. The van der Waals surface area contributed by atoms with Crippen molar-refractivity contribution in [2.24, 2.45) is 11.5 Å². The molecule has 4 aromatic carbocycles. The zero-order valence-electron chi connectivity index (χ0n) is 20.1. The van der Waals surface area contributed by atoms with Gasteiger partial charge in [-0.05, 0) is 63.6 Å². The first-order valence-corrected chi connectivity index (χ1v) is 11.8. The van der Waals surface area contributed by atoms with E-state index in [4.69, 9.17) is 26.4 Å². The van der Waals surface area contributed by atoms with Crippen molar-refractivity contribution in [2.75, 3.05) is 0 Å². The van der Waals surface area contributed by atoms with E-state index in [1.54, 1.807) is 12.1 Å². The highest BCUT2D eigenvalue weighted by Crippen LogP contribution is 2.30. The van der Waals surface area contributed by atoms with Gasteiger partial charge in [0.25, 0.3) is 0 Å². The van der Waals surface area contributed by atoms with Gasteiger partial charge in [-0.25, -0.2) is 0 Å². The first kappa shape index (κ1) is 25.6. The summed E-state index contributed by atoms with van der Waals surface area (Å²) in [5.41, 5.74) is 17.7. The Labute approximate surface area is 214 Å². The molecule has 0 fully saturated rings. The van der Waals surface area contributed by atoms with Crippen LogP contribution in [0.3, 0.4) is 0 Å². The minimum absolute atomic E-state index is 0.254. The van der Waals surface area contributed by atoms with E-state index >= 15 is 0 Å². The number of nitrogens with two attached hydrogens (primary N) is 2. The molecule has 0 aliphatic carbocycles. The highest BCUT2D eigenvalue weighted by molar-refractivity contribution is 5.77. The summed E-state index contributed by atoms with van der Waals surface area (Å²) in [6, 6.07) is 28.6. The van der Waals surface area contributed by atoms with Crippen molar-refractivity contribution < 1.29 is 24.5 Å². The van der Waals surface area contributed by atoms with Crippen LogP contribution in [0.1, 0.15) is 22.7 Å². The van der Waals surface area contributed by atoms with Crippen LogP contribution >= 0.6 is 0 Å². The summed E-state index contributed by atoms with van der Waals surface area (Å²) in [4.78, 5) is 22.1. The number of rotatable bonds is 10.